The molecule has 0 aliphatic rings. The highest BCUT2D eigenvalue weighted by atomic mass is 16.1. The van der Waals surface area contributed by atoms with Crippen LogP contribution in [0.4, 0.5) is 0 Å². The van der Waals surface area contributed by atoms with Crippen molar-refractivity contribution in [1.29, 1.82) is 0 Å². The number of aryl methyl sites for hydroxylation is 2. The summed E-state index contributed by atoms with van der Waals surface area (Å²) in [4.78, 5) is 16.2. The molecule has 0 aliphatic heterocycles. The predicted molar refractivity (Wildman–Crippen MR) is 70.4 cm³/mol. The maximum atomic E-state index is 11.9. The smallest absolute Gasteiger partial charge is 0.253 e. The number of amides is 1. The normalized spacial score (nSPS) is 10.6. The summed E-state index contributed by atoms with van der Waals surface area (Å²) in [6.07, 6.45) is 1.57. The van der Waals surface area contributed by atoms with Gasteiger partial charge in [0.2, 0.25) is 0 Å². The molecule has 5 nitrogen and oxygen atoms in total. The fraction of sp³-hybridized carbons (Fsp3) is 0.308. The van der Waals surface area contributed by atoms with Crippen molar-refractivity contribution in [2.24, 2.45) is 7.05 Å². The first-order chi connectivity index (χ1) is 8.49. The zero-order valence-corrected chi connectivity index (χ0v) is 10.8. The summed E-state index contributed by atoms with van der Waals surface area (Å²) >= 11 is 0. The van der Waals surface area contributed by atoms with Crippen LogP contribution in [0.3, 0.4) is 0 Å². The fourth-order valence-corrected chi connectivity index (χ4v) is 1.77. The summed E-state index contributed by atoms with van der Waals surface area (Å²) in [5.41, 5.74) is 3.10. The maximum Gasteiger partial charge on any atom is 0.253 e. The minimum Gasteiger partial charge on any atom is -0.348 e. The van der Waals surface area contributed by atoms with E-state index in [-0.39, 0.29) is 5.91 Å². The van der Waals surface area contributed by atoms with E-state index in [4.69, 9.17) is 0 Å². The van der Waals surface area contributed by atoms with Crippen LogP contribution in [0.2, 0.25) is 0 Å². The van der Waals surface area contributed by atoms with Gasteiger partial charge >= 0.3 is 0 Å². The van der Waals surface area contributed by atoms with Crippen LogP contribution < -0.4 is 5.32 Å². The van der Waals surface area contributed by atoms with Gasteiger partial charge in [0.25, 0.3) is 5.91 Å². The van der Waals surface area contributed by atoms with Crippen molar-refractivity contribution in [3.63, 3.8) is 0 Å². The van der Waals surface area contributed by atoms with Gasteiger partial charge in [-0.3, -0.25) is 9.48 Å². The van der Waals surface area contributed by atoms with E-state index in [9.17, 15) is 4.79 Å². The molecule has 0 aromatic carbocycles. The molecule has 0 fully saturated rings. The molecule has 0 atom stereocenters. The Balaban J connectivity index is 2.32. The summed E-state index contributed by atoms with van der Waals surface area (Å²) < 4.78 is 1.71. The molecule has 2 heterocycles. The van der Waals surface area contributed by atoms with Crippen molar-refractivity contribution in [3.8, 4) is 0 Å². The van der Waals surface area contributed by atoms with E-state index in [1.54, 1.807) is 10.9 Å². The van der Waals surface area contributed by atoms with Gasteiger partial charge < -0.3 is 5.32 Å². The fourth-order valence-electron chi connectivity index (χ4n) is 1.77. The highest BCUT2D eigenvalue weighted by Gasteiger charge is 2.11. The number of nitrogens with one attached hydrogen (secondary N) is 1. The Bertz CT molecular complexity index is 627. The van der Waals surface area contributed by atoms with Crippen molar-refractivity contribution >= 4 is 16.9 Å². The molecular formula is C13H16N4O. The number of hydrogen-bond donors (Lipinski definition) is 1. The van der Waals surface area contributed by atoms with E-state index in [2.05, 4.69) is 22.0 Å². The lowest BCUT2D eigenvalue weighted by Gasteiger charge is -2.04. The SMILES string of the molecule is C=C(C)CNC(=O)c1cnc2c(c1)c(C)nn2C. The molecule has 2 aromatic rings. The molecule has 2 aromatic heterocycles. The molecule has 0 saturated heterocycles. The van der Waals surface area contributed by atoms with Crippen LogP contribution in [-0.2, 0) is 7.05 Å². The average Bonchev–Trinajstić information content (AvgIpc) is 2.61. The van der Waals surface area contributed by atoms with E-state index in [1.165, 1.54) is 0 Å². The third-order valence-electron chi connectivity index (χ3n) is 2.68. The lowest BCUT2D eigenvalue weighted by atomic mass is 10.2. The second kappa shape index (κ2) is 4.60. The summed E-state index contributed by atoms with van der Waals surface area (Å²) in [5.74, 6) is -0.143. The standard InChI is InChI=1S/C13H16N4O/c1-8(2)6-15-13(18)10-5-11-9(3)16-17(4)12(11)14-7-10/h5,7H,1,6H2,2-4H3,(H,15,18). The van der Waals surface area contributed by atoms with Gasteiger partial charge in [-0.15, -0.1) is 0 Å². The molecule has 18 heavy (non-hydrogen) atoms. The van der Waals surface area contributed by atoms with Crippen LogP contribution in [0.5, 0.6) is 0 Å². The molecule has 0 aliphatic carbocycles. The highest BCUT2D eigenvalue weighted by Crippen LogP contribution is 2.16. The number of aromatic nitrogens is 3. The third kappa shape index (κ3) is 2.25. The number of nitrogens with zero attached hydrogens (tertiary/aromatic N) is 3. The first-order valence-electron chi connectivity index (χ1n) is 5.71. The number of fused-ring (bicyclic) bond motifs is 1. The quantitative estimate of drug-likeness (QED) is 0.834. The molecule has 2 rings (SSSR count). The lowest BCUT2D eigenvalue weighted by Crippen LogP contribution is -2.24. The summed E-state index contributed by atoms with van der Waals surface area (Å²) in [5, 5.41) is 7.96. The van der Waals surface area contributed by atoms with E-state index in [1.807, 2.05) is 27.0 Å². The summed E-state index contributed by atoms with van der Waals surface area (Å²) in [6, 6.07) is 1.82. The summed E-state index contributed by atoms with van der Waals surface area (Å²) in [7, 11) is 1.84. The van der Waals surface area contributed by atoms with Gasteiger partial charge in [0.15, 0.2) is 5.65 Å². The van der Waals surface area contributed by atoms with Crippen LogP contribution in [0.1, 0.15) is 23.0 Å². The second-order valence-electron chi connectivity index (χ2n) is 4.44. The lowest BCUT2D eigenvalue weighted by molar-refractivity contribution is 0.0957. The van der Waals surface area contributed by atoms with Crippen molar-refractivity contribution < 1.29 is 4.79 Å². The molecule has 0 unspecified atom stereocenters. The van der Waals surface area contributed by atoms with Crippen LogP contribution in [-0.4, -0.2) is 27.2 Å². The van der Waals surface area contributed by atoms with Gasteiger partial charge in [0.1, 0.15) is 0 Å². The van der Waals surface area contributed by atoms with Crippen molar-refractivity contribution in [3.05, 3.63) is 35.7 Å². The number of carbonyl (C=O) groups excluding carboxylic acids is 1. The van der Waals surface area contributed by atoms with Crippen LogP contribution >= 0.6 is 0 Å². The van der Waals surface area contributed by atoms with Crippen molar-refractivity contribution in [1.82, 2.24) is 20.1 Å². The molecule has 0 saturated carbocycles. The maximum absolute atomic E-state index is 11.9. The van der Waals surface area contributed by atoms with Crippen molar-refractivity contribution in [2.75, 3.05) is 6.54 Å². The van der Waals surface area contributed by atoms with Crippen LogP contribution in [0.25, 0.3) is 11.0 Å². The van der Waals surface area contributed by atoms with Gasteiger partial charge in [0.05, 0.1) is 11.3 Å². The largest absolute Gasteiger partial charge is 0.348 e. The third-order valence-corrected chi connectivity index (χ3v) is 2.68. The van der Waals surface area contributed by atoms with E-state index in [0.29, 0.717) is 12.1 Å². The Kier molecular flexibility index (Phi) is 3.14. The van der Waals surface area contributed by atoms with Gasteiger partial charge in [0, 0.05) is 25.2 Å². The Hall–Kier alpha value is -2.17. The Morgan fingerprint density at radius 1 is 1.56 bits per heavy atom. The molecule has 1 amide bonds. The van der Waals surface area contributed by atoms with Crippen LogP contribution in [0, 0.1) is 6.92 Å². The summed E-state index contributed by atoms with van der Waals surface area (Å²) in [6.45, 7) is 7.99. The van der Waals surface area contributed by atoms with Crippen molar-refractivity contribution in [2.45, 2.75) is 13.8 Å². The number of carbonyl (C=O) groups is 1. The Morgan fingerprint density at radius 2 is 2.28 bits per heavy atom. The number of pyridine rings is 1. The minimum absolute atomic E-state index is 0.143. The number of rotatable bonds is 3. The first-order valence-corrected chi connectivity index (χ1v) is 5.71. The zero-order valence-electron chi connectivity index (χ0n) is 10.8. The topological polar surface area (TPSA) is 59.8 Å². The first kappa shape index (κ1) is 12.3. The van der Waals surface area contributed by atoms with Crippen LogP contribution in [0.15, 0.2) is 24.4 Å². The molecule has 0 spiro atoms. The second-order valence-corrected chi connectivity index (χ2v) is 4.44. The molecule has 5 heteroatoms. The highest BCUT2D eigenvalue weighted by molar-refractivity contribution is 5.97. The zero-order chi connectivity index (χ0) is 13.3. The Labute approximate surface area is 106 Å². The van der Waals surface area contributed by atoms with E-state index < -0.39 is 0 Å². The van der Waals surface area contributed by atoms with Gasteiger partial charge in [-0.05, 0) is 19.9 Å². The molecule has 0 bridgehead atoms. The average molecular weight is 244 g/mol. The van der Waals surface area contributed by atoms with E-state index >= 15 is 0 Å². The van der Waals surface area contributed by atoms with Gasteiger partial charge in [-0.25, -0.2) is 4.98 Å². The van der Waals surface area contributed by atoms with Gasteiger partial charge in [-0.1, -0.05) is 12.2 Å². The molecule has 1 N–H and O–H groups in total. The van der Waals surface area contributed by atoms with E-state index in [0.717, 1.165) is 22.3 Å². The number of hydrogen-bond acceptors (Lipinski definition) is 3. The Morgan fingerprint density at radius 3 is 2.94 bits per heavy atom. The monoisotopic (exact) mass is 244 g/mol. The minimum atomic E-state index is -0.143. The molecule has 0 radical (unpaired) electrons. The molecular weight excluding hydrogens is 228 g/mol. The molecule has 94 valence electrons. The predicted octanol–water partition coefficient (Wildman–Crippen LogP) is 1.58. The van der Waals surface area contributed by atoms with Gasteiger partial charge in [-0.2, -0.15) is 5.10 Å².